The van der Waals surface area contributed by atoms with E-state index in [1.807, 2.05) is 30.3 Å². The number of rotatable bonds is 3. The monoisotopic (exact) mass is 285 g/mol. The number of carboxylic acids is 1. The van der Waals surface area contributed by atoms with E-state index in [-0.39, 0.29) is 11.6 Å². The molecule has 0 spiro atoms. The topological polar surface area (TPSA) is 75.4 Å². The lowest BCUT2D eigenvalue weighted by molar-refractivity contribution is 0.0689. The van der Waals surface area contributed by atoms with Crippen LogP contribution in [0.1, 0.15) is 33.0 Å². The van der Waals surface area contributed by atoms with Crippen molar-refractivity contribution in [3.8, 4) is 0 Å². The van der Waals surface area contributed by atoms with Gasteiger partial charge in [0.05, 0.1) is 0 Å². The van der Waals surface area contributed by atoms with Crippen LogP contribution in [0.3, 0.4) is 0 Å². The van der Waals surface area contributed by atoms with Gasteiger partial charge in [-0.3, -0.25) is 9.48 Å². The molecule has 0 fully saturated rings. The van der Waals surface area contributed by atoms with Gasteiger partial charge in [-0.2, -0.15) is 5.10 Å². The molecule has 0 radical (unpaired) electrons. The Morgan fingerprint density at radius 3 is 2.71 bits per heavy atom. The fraction of sp³-hybridized carbons (Fsp3) is 0.267. The minimum atomic E-state index is -1.11. The molecule has 0 aliphatic carbocycles. The summed E-state index contributed by atoms with van der Waals surface area (Å²) in [5.41, 5.74) is 1.32. The summed E-state index contributed by atoms with van der Waals surface area (Å²) < 4.78 is 1.50. The molecule has 1 aliphatic rings. The van der Waals surface area contributed by atoms with E-state index in [0.717, 1.165) is 12.0 Å². The predicted molar refractivity (Wildman–Crippen MR) is 75.0 cm³/mol. The highest BCUT2D eigenvalue weighted by Gasteiger charge is 2.26. The summed E-state index contributed by atoms with van der Waals surface area (Å²) in [6.45, 7) is 1.71. The molecule has 0 unspecified atom stereocenters. The molecule has 2 aromatic rings. The highest BCUT2D eigenvalue weighted by atomic mass is 16.4. The Kier molecular flexibility index (Phi) is 3.43. The average molecular weight is 285 g/mol. The molecular formula is C15H15N3O3. The lowest BCUT2D eigenvalue weighted by Crippen LogP contribution is -2.30. The van der Waals surface area contributed by atoms with E-state index in [9.17, 15) is 9.59 Å². The van der Waals surface area contributed by atoms with Gasteiger partial charge in [-0.15, -0.1) is 0 Å². The maximum absolute atomic E-state index is 12.5. The number of aromatic nitrogens is 2. The van der Waals surface area contributed by atoms with Gasteiger partial charge in [0.25, 0.3) is 5.91 Å². The first kappa shape index (κ1) is 13.4. The highest BCUT2D eigenvalue weighted by molar-refractivity contribution is 5.95. The molecule has 1 aromatic heterocycles. The number of aromatic carboxylic acids is 1. The van der Waals surface area contributed by atoms with Crippen molar-refractivity contribution in [2.45, 2.75) is 19.5 Å². The molecule has 0 atom stereocenters. The lowest BCUT2D eigenvalue weighted by atomic mass is 10.2. The van der Waals surface area contributed by atoms with Gasteiger partial charge >= 0.3 is 5.97 Å². The third kappa shape index (κ3) is 2.65. The summed E-state index contributed by atoms with van der Waals surface area (Å²) in [5, 5.41) is 13.0. The molecule has 0 bridgehead atoms. The second-order valence-corrected chi connectivity index (χ2v) is 5.01. The number of carbonyl (C=O) groups is 2. The summed E-state index contributed by atoms with van der Waals surface area (Å²) in [4.78, 5) is 25.3. The summed E-state index contributed by atoms with van der Waals surface area (Å²) >= 11 is 0. The number of benzene rings is 1. The zero-order valence-corrected chi connectivity index (χ0v) is 11.4. The Morgan fingerprint density at radius 1 is 1.24 bits per heavy atom. The number of carboxylic acid groups (broad SMARTS) is 1. The van der Waals surface area contributed by atoms with Crippen molar-refractivity contribution >= 4 is 11.9 Å². The van der Waals surface area contributed by atoms with Gasteiger partial charge in [0, 0.05) is 25.7 Å². The fourth-order valence-electron chi connectivity index (χ4n) is 2.49. The highest BCUT2D eigenvalue weighted by Crippen LogP contribution is 2.16. The molecule has 6 nitrogen and oxygen atoms in total. The Labute approximate surface area is 121 Å². The lowest BCUT2D eigenvalue weighted by Gasteiger charge is -2.20. The molecule has 1 aliphatic heterocycles. The number of fused-ring (bicyclic) bond motifs is 1. The van der Waals surface area contributed by atoms with Gasteiger partial charge in [0.1, 0.15) is 5.69 Å². The van der Waals surface area contributed by atoms with Gasteiger partial charge in [-0.05, 0) is 12.0 Å². The minimum Gasteiger partial charge on any atom is -0.476 e. The van der Waals surface area contributed by atoms with Crippen LogP contribution in [0, 0.1) is 0 Å². The van der Waals surface area contributed by atoms with Crippen LogP contribution in [-0.4, -0.2) is 38.2 Å². The molecule has 108 valence electrons. The van der Waals surface area contributed by atoms with Gasteiger partial charge < -0.3 is 10.0 Å². The van der Waals surface area contributed by atoms with E-state index in [1.54, 1.807) is 4.90 Å². The summed E-state index contributed by atoms with van der Waals surface area (Å²) in [7, 11) is 0. The van der Waals surface area contributed by atoms with Gasteiger partial charge in [-0.1, -0.05) is 30.3 Å². The molecule has 3 rings (SSSR count). The second-order valence-electron chi connectivity index (χ2n) is 5.01. The van der Waals surface area contributed by atoms with E-state index in [2.05, 4.69) is 5.10 Å². The second kappa shape index (κ2) is 5.40. The summed E-state index contributed by atoms with van der Waals surface area (Å²) in [6.07, 6.45) is 0.756. The maximum Gasteiger partial charge on any atom is 0.356 e. The number of aryl methyl sites for hydroxylation is 1. The normalized spacial score (nSPS) is 14.7. The average Bonchev–Trinajstić information content (AvgIpc) is 2.85. The molecule has 0 saturated heterocycles. The maximum atomic E-state index is 12.5. The number of hydrogen-bond donors (Lipinski definition) is 1. The smallest absolute Gasteiger partial charge is 0.356 e. The van der Waals surface area contributed by atoms with Crippen molar-refractivity contribution in [1.82, 2.24) is 14.7 Å². The summed E-state index contributed by atoms with van der Waals surface area (Å²) in [6, 6.07) is 11.1. The minimum absolute atomic E-state index is 0.0834. The van der Waals surface area contributed by atoms with Crippen molar-refractivity contribution in [1.29, 1.82) is 0 Å². The van der Waals surface area contributed by atoms with Gasteiger partial charge in [0.15, 0.2) is 5.69 Å². The van der Waals surface area contributed by atoms with E-state index in [0.29, 0.717) is 25.3 Å². The van der Waals surface area contributed by atoms with Crippen molar-refractivity contribution in [2.24, 2.45) is 0 Å². The first-order valence-corrected chi connectivity index (χ1v) is 6.79. The first-order valence-electron chi connectivity index (χ1n) is 6.79. The molecule has 1 aromatic carbocycles. The molecular weight excluding hydrogens is 270 g/mol. The van der Waals surface area contributed by atoms with Crippen LogP contribution in [0.5, 0.6) is 0 Å². The van der Waals surface area contributed by atoms with Crippen molar-refractivity contribution < 1.29 is 14.7 Å². The zero-order valence-electron chi connectivity index (χ0n) is 11.4. The number of amides is 1. The number of nitrogens with zero attached hydrogens (tertiary/aromatic N) is 3. The van der Waals surface area contributed by atoms with E-state index in [4.69, 9.17) is 5.11 Å². The van der Waals surface area contributed by atoms with Crippen LogP contribution in [0.25, 0.3) is 0 Å². The molecule has 0 saturated carbocycles. The van der Waals surface area contributed by atoms with Crippen molar-refractivity contribution in [3.63, 3.8) is 0 Å². The van der Waals surface area contributed by atoms with Crippen LogP contribution >= 0.6 is 0 Å². The van der Waals surface area contributed by atoms with E-state index >= 15 is 0 Å². The SMILES string of the molecule is O=C(O)c1cc2n(n1)CCCN(Cc1ccccc1)C2=O. The molecule has 21 heavy (non-hydrogen) atoms. The van der Waals surface area contributed by atoms with Gasteiger partial charge in [-0.25, -0.2) is 4.79 Å². The van der Waals surface area contributed by atoms with Crippen LogP contribution in [0.2, 0.25) is 0 Å². The number of carbonyl (C=O) groups excluding carboxylic acids is 1. The van der Waals surface area contributed by atoms with Crippen LogP contribution in [0.4, 0.5) is 0 Å². The Bertz CT molecular complexity index is 679. The standard InChI is InChI=1S/C15H15N3O3/c19-14-13-9-12(15(20)21)16-18(13)8-4-7-17(14)10-11-5-2-1-3-6-11/h1-3,5-6,9H,4,7-8,10H2,(H,20,21). The van der Waals surface area contributed by atoms with Gasteiger partial charge in [0.2, 0.25) is 0 Å². The third-order valence-electron chi connectivity index (χ3n) is 3.52. The zero-order chi connectivity index (χ0) is 14.8. The quantitative estimate of drug-likeness (QED) is 0.930. The molecule has 6 heteroatoms. The van der Waals surface area contributed by atoms with Crippen molar-refractivity contribution in [3.05, 3.63) is 53.3 Å². The molecule has 1 amide bonds. The summed E-state index contributed by atoms with van der Waals surface area (Å²) in [5.74, 6) is -1.28. The predicted octanol–water partition coefficient (Wildman–Crippen LogP) is 1.63. The fourth-order valence-corrected chi connectivity index (χ4v) is 2.49. The van der Waals surface area contributed by atoms with E-state index in [1.165, 1.54) is 10.7 Å². The van der Waals surface area contributed by atoms with Crippen LogP contribution < -0.4 is 0 Å². The Hall–Kier alpha value is -2.63. The van der Waals surface area contributed by atoms with Crippen molar-refractivity contribution in [2.75, 3.05) is 6.54 Å². The van der Waals surface area contributed by atoms with E-state index < -0.39 is 5.97 Å². The van der Waals surface area contributed by atoms with Crippen LogP contribution in [-0.2, 0) is 13.1 Å². The first-order chi connectivity index (χ1) is 10.1. The molecule has 1 N–H and O–H groups in total. The third-order valence-corrected chi connectivity index (χ3v) is 3.52. The Balaban J connectivity index is 1.87. The van der Waals surface area contributed by atoms with Crippen LogP contribution in [0.15, 0.2) is 36.4 Å². The number of hydrogen-bond acceptors (Lipinski definition) is 3. The Morgan fingerprint density at radius 2 is 2.00 bits per heavy atom. The molecule has 2 heterocycles. The largest absolute Gasteiger partial charge is 0.476 e.